The van der Waals surface area contributed by atoms with E-state index in [9.17, 15) is 14.9 Å². The number of carbonyl (C=O) groups is 1. The van der Waals surface area contributed by atoms with Gasteiger partial charge in [0, 0.05) is 0 Å². The van der Waals surface area contributed by atoms with Crippen LogP contribution in [0.15, 0.2) is 10.7 Å². The molecule has 1 N–H and O–H groups in total. The smallest absolute Gasteiger partial charge is 0.404 e. The van der Waals surface area contributed by atoms with Gasteiger partial charge in [-0.05, 0) is 27.8 Å². The van der Waals surface area contributed by atoms with E-state index < -0.39 is 22.8 Å². The molecule has 0 fully saturated rings. The van der Waals surface area contributed by atoms with Crippen molar-refractivity contribution in [2.75, 3.05) is 0 Å². The van der Waals surface area contributed by atoms with E-state index in [0.29, 0.717) is 0 Å². The third-order valence-corrected chi connectivity index (χ3v) is 2.16. The molecule has 76 valence electrons. The lowest BCUT2D eigenvalue weighted by atomic mass is 10.4. The van der Waals surface area contributed by atoms with Crippen LogP contribution in [0.4, 0.5) is 5.82 Å². The quantitative estimate of drug-likeness (QED) is 0.653. The Balaban J connectivity index is 3.08. The highest BCUT2D eigenvalue weighted by molar-refractivity contribution is 9.10. The molecule has 1 heterocycles. The molecule has 0 aliphatic carbocycles. The summed E-state index contributed by atoms with van der Waals surface area (Å²) < 4.78 is 1.18. The van der Waals surface area contributed by atoms with Gasteiger partial charge in [-0.3, -0.25) is 0 Å². The van der Waals surface area contributed by atoms with Crippen molar-refractivity contribution in [3.05, 3.63) is 20.8 Å². The normalized spacial score (nSPS) is 12.4. The molecule has 14 heavy (non-hydrogen) atoms. The second-order valence-electron chi connectivity index (χ2n) is 2.55. The second-order valence-corrected chi connectivity index (χ2v) is 3.41. The van der Waals surface area contributed by atoms with E-state index in [1.165, 1.54) is 13.1 Å². The standard InChI is InChI=1S/C6H6BrN3O4/c1-3(6(11)12)9-2-4(7)5(8-9)10(13)14/h2-3H,1H3,(H,11,12)/t3-/m1/s1. The van der Waals surface area contributed by atoms with Crippen LogP contribution in [0.25, 0.3) is 0 Å². The third-order valence-electron chi connectivity index (χ3n) is 1.60. The molecule has 1 rings (SSSR count). The van der Waals surface area contributed by atoms with Gasteiger partial charge in [-0.2, -0.15) is 4.68 Å². The zero-order valence-electron chi connectivity index (χ0n) is 7.05. The number of rotatable bonds is 3. The average molecular weight is 264 g/mol. The SMILES string of the molecule is C[C@H](C(=O)O)n1cc(Br)c([N+](=O)[O-])n1. The predicted molar refractivity (Wildman–Crippen MR) is 48.9 cm³/mol. The Morgan fingerprint density at radius 2 is 2.43 bits per heavy atom. The maximum Gasteiger partial charge on any atom is 0.404 e. The molecule has 1 atom stereocenters. The predicted octanol–water partition coefficient (Wildman–Crippen LogP) is 1.20. The second kappa shape index (κ2) is 3.74. The lowest BCUT2D eigenvalue weighted by Gasteiger charge is -1.99. The van der Waals surface area contributed by atoms with Crippen LogP contribution in [0.5, 0.6) is 0 Å². The van der Waals surface area contributed by atoms with Crippen LogP contribution >= 0.6 is 15.9 Å². The zero-order chi connectivity index (χ0) is 10.9. The van der Waals surface area contributed by atoms with E-state index >= 15 is 0 Å². The van der Waals surface area contributed by atoms with Crippen molar-refractivity contribution in [1.29, 1.82) is 0 Å². The molecular formula is C6H6BrN3O4. The fourth-order valence-corrected chi connectivity index (χ4v) is 1.23. The summed E-state index contributed by atoms with van der Waals surface area (Å²) >= 11 is 2.92. The minimum absolute atomic E-state index is 0.163. The number of carboxylic acids is 1. The number of nitrogens with zero attached hydrogens (tertiary/aromatic N) is 3. The van der Waals surface area contributed by atoms with E-state index in [0.717, 1.165) is 4.68 Å². The van der Waals surface area contributed by atoms with Crippen LogP contribution < -0.4 is 0 Å². The number of halogens is 1. The van der Waals surface area contributed by atoms with E-state index in [4.69, 9.17) is 5.11 Å². The van der Waals surface area contributed by atoms with Gasteiger partial charge in [-0.15, -0.1) is 0 Å². The summed E-state index contributed by atoms with van der Waals surface area (Å²) in [5.41, 5.74) is 0. The molecule has 8 heteroatoms. The molecule has 0 spiro atoms. The van der Waals surface area contributed by atoms with Gasteiger partial charge < -0.3 is 15.2 Å². The summed E-state index contributed by atoms with van der Waals surface area (Å²) in [7, 11) is 0. The molecule has 0 aliphatic rings. The van der Waals surface area contributed by atoms with Crippen LogP contribution in [-0.2, 0) is 4.79 Å². The molecule has 0 aromatic carbocycles. The molecular weight excluding hydrogens is 258 g/mol. The van der Waals surface area contributed by atoms with Crippen molar-refractivity contribution in [2.45, 2.75) is 13.0 Å². The zero-order valence-corrected chi connectivity index (χ0v) is 8.63. The summed E-state index contributed by atoms with van der Waals surface area (Å²) in [6.45, 7) is 1.38. The molecule has 7 nitrogen and oxygen atoms in total. The van der Waals surface area contributed by atoms with Crippen molar-refractivity contribution >= 4 is 27.7 Å². The summed E-state index contributed by atoms with van der Waals surface area (Å²) in [5.74, 6) is -1.49. The van der Waals surface area contributed by atoms with Crippen molar-refractivity contribution < 1.29 is 14.8 Å². The fraction of sp³-hybridized carbons (Fsp3) is 0.333. The first kappa shape index (κ1) is 10.6. The Hall–Kier alpha value is -1.44. The van der Waals surface area contributed by atoms with Crippen molar-refractivity contribution in [3.63, 3.8) is 0 Å². The number of aliphatic carboxylic acids is 1. The minimum Gasteiger partial charge on any atom is -0.480 e. The van der Waals surface area contributed by atoms with E-state index in [2.05, 4.69) is 21.0 Å². The van der Waals surface area contributed by atoms with Gasteiger partial charge in [0.25, 0.3) is 0 Å². The summed E-state index contributed by atoms with van der Waals surface area (Å²) in [5, 5.41) is 22.5. The monoisotopic (exact) mass is 263 g/mol. The Morgan fingerprint density at radius 1 is 1.86 bits per heavy atom. The maximum atomic E-state index is 10.5. The number of nitro groups is 1. The van der Waals surface area contributed by atoms with Gasteiger partial charge in [-0.1, -0.05) is 0 Å². The molecule has 1 aromatic rings. The average Bonchev–Trinajstić information content (AvgIpc) is 2.45. The molecule has 0 saturated carbocycles. The first-order chi connectivity index (χ1) is 6.43. The van der Waals surface area contributed by atoms with Crippen LogP contribution in [0, 0.1) is 10.1 Å². The first-order valence-corrected chi connectivity index (χ1v) is 4.34. The first-order valence-electron chi connectivity index (χ1n) is 3.55. The third kappa shape index (κ3) is 1.90. The Bertz CT molecular complexity index is 388. The van der Waals surface area contributed by atoms with Gasteiger partial charge in [0.05, 0.1) is 11.3 Å². The molecule has 1 aromatic heterocycles. The van der Waals surface area contributed by atoms with E-state index in [1.54, 1.807) is 0 Å². The Kier molecular flexibility index (Phi) is 2.84. The van der Waals surface area contributed by atoms with E-state index in [1.807, 2.05) is 0 Å². The van der Waals surface area contributed by atoms with Gasteiger partial charge >= 0.3 is 11.8 Å². The lowest BCUT2D eigenvalue weighted by molar-refractivity contribution is -0.390. The Labute approximate surface area is 86.6 Å². The molecule has 0 aliphatic heterocycles. The largest absolute Gasteiger partial charge is 0.480 e. The van der Waals surface area contributed by atoms with Crippen LogP contribution in [0.1, 0.15) is 13.0 Å². The highest BCUT2D eigenvalue weighted by Gasteiger charge is 2.24. The summed E-state index contributed by atoms with van der Waals surface area (Å²) in [4.78, 5) is 20.2. The van der Waals surface area contributed by atoms with Gasteiger partial charge in [0.15, 0.2) is 6.04 Å². The van der Waals surface area contributed by atoms with Crippen LogP contribution in [-0.4, -0.2) is 25.8 Å². The fourth-order valence-electron chi connectivity index (χ4n) is 0.795. The lowest BCUT2D eigenvalue weighted by Crippen LogP contribution is -2.16. The summed E-state index contributed by atoms with van der Waals surface area (Å²) in [6.07, 6.45) is 1.26. The highest BCUT2D eigenvalue weighted by atomic mass is 79.9. The molecule has 0 amide bonds. The number of carboxylic acid groups (broad SMARTS) is 1. The van der Waals surface area contributed by atoms with Gasteiger partial charge in [0.1, 0.15) is 4.47 Å². The maximum absolute atomic E-state index is 10.5. The Morgan fingerprint density at radius 3 is 2.79 bits per heavy atom. The highest BCUT2D eigenvalue weighted by Crippen LogP contribution is 2.23. The number of aromatic nitrogens is 2. The molecule has 0 bridgehead atoms. The van der Waals surface area contributed by atoms with E-state index in [-0.39, 0.29) is 4.47 Å². The van der Waals surface area contributed by atoms with Crippen molar-refractivity contribution in [2.24, 2.45) is 0 Å². The topological polar surface area (TPSA) is 98.3 Å². The minimum atomic E-state index is -1.10. The molecule has 0 radical (unpaired) electrons. The number of hydrogen-bond acceptors (Lipinski definition) is 4. The van der Waals surface area contributed by atoms with Crippen LogP contribution in [0.2, 0.25) is 0 Å². The molecule has 0 saturated heterocycles. The molecule has 0 unspecified atom stereocenters. The van der Waals surface area contributed by atoms with Crippen LogP contribution in [0.3, 0.4) is 0 Å². The van der Waals surface area contributed by atoms with Crippen molar-refractivity contribution in [1.82, 2.24) is 9.78 Å². The number of hydrogen-bond donors (Lipinski definition) is 1. The van der Waals surface area contributed by atoms with Crippen molar-refractivity contribution in [3.8, 4) is 0 Å². The summed E-state index contributed by atoms with van der Waals surface area (Å²) in [6, 6.07) is -0.931. The van der Waals surface area contributed by atoms with Gasteiger partial charge in [-0.25, -0.2) is 4.79 Å². The van der Waals surface area contributed by atoms with Gasteiger partial charge in [0.2, 0.25) is 0 Å².